The van der Waals surface area contributed by atoms with Gasteiger partial charge in [-0.2, -0.15) is 10.2 Å². The lowest BCUT2D eigenvalue weighted by Gasteiger charge is -2.13. The molecular formula is C10H10F3N3O2. The number of methoxy groups -OCH3 is 1. The summed E-state index contributed by atoms with van der Waals surface area (Å²) >= 11 is 0. The smallest absolute Gasteiger partial charge is 0.481 e. The quantitative estimate of drug-likeness (QED) is 0.888. The van der Waals surface area contributed by atoms with Crippen LogP contribution in [-0.4, -0.2) is 18.5 Å². The van der Waals surface area contributed by atoms with E-state index in [-0.39, 0.29) is 18.8 Å². The summed E-state index contributed by atoms with van der Waals surface area (Å²) in [4.78, 5) is 3.53. The molecule has 0 spiro atoms. The molecular weight excluding hydrogens is 251 g/mol. The zero-order valence-corrected chi connectivity index (χ0v) is 9.41. The van der Waals surface area contributed by atoms with Gasteiger partial charge >= 0.3 is 6.36 Å². The SMILES string of the molecule is COc1nc(OC(F)(F)F)cc(CN)c1CC#N. The average molecular weight is 261 g/mol. The maximum absolute atomic E-state index is 12.1. The number of nitrogens with two attached hydrogens (primary N) is 1. The largest absolute Gasteiger partial charge is 0.574 e. The highest BCUT2D eigenvalue weighted by molar-refractivity contribution is 5.40. The first-order valence-corrected chi connectivity index (χ1v) is 4.80. The molecule has 0 amide bonds. The first-order chi connectivity index (χ1) is 8.41. The zero-order chi connectivity index (χ0) is 13.8. The molecule has 1 rings (SSSR count). The molecule has 8 heteroatoms. The van der Waals surface area contributed by atoms with Gasteiger partial charge in [-0.25, -0.2) is 0 Å². The van der Waals surface area contributed by atoms with Gasteiger partial charge in [0.1, 0.15) is 0 Å². The topological polar surface area (TPSA) is 81.2 Å². The van der Waals surface area contributed by atoms with Crippen LogP contribution in [0.4, 0.5) is 13.2 Å². The normalized spacial score (nSPS) is 10.9. The molecule has 0 aliphatic carbocycles. The zero-order valence-electron chi connectivity index (χ0n) is 9.41. The van der Waals surface area contributed by atoms with Gasteiger partial charge in [0, 0.05) is 18.2 Å². The number of ether oxygens (including phenoxy) is 2. The molecule has 98 valence electrons. The minimum Gasteiger partial charge on any atom is -0.481 e. The molecule has 0 aromatic carbocycles. The summed E-state index contributed by atoms with van der Waals surface area (Å²) in [6, 6.07) is 2.91. The van der Waals surface area contributed by atoms with Gasteiger partial charge in [0.05, 0.1) is 19.6 Å². The standard InChI is InChI=1S/C10H10F3N3O2/c1-17-9-7(2-3-14)6(5-15)4-8(16-9)18-10(11,12)13/h4H,2,5,15H2,1H3. The fourth-order valence-electron chi connectivity index (χ4n) is 1.36. The highest BCUT2D eigenvalue weighted by Crippen LogP contribution is 2.28. The molecule has 1 aromatic heterocycles. The third-order valence-electron chi connectivity index (χ3n) is 2.04. The Morgan fingerprint density at radius 3 is 2.61 bits per heavy atom. The van der Waals surface area contributed by atoms with Crippen LogP contribution in [0.15, 0.2) is 6.07 Å². The summed E-state index contributed by atoms with van der Waals surface area (Å²) in [6.45, 7) is -0.0515. The molecule has 1 aromatic rings. The van der Waals surface area contributed by atoms with E-state index >= 15 is 0 Å². The van der Waals surface area contributed by atoms with Crippen molar-refractivity contribution in [2.24, 2.45) is 5.73 Å². The first kappa shape index (κ1) is 14.1. The fourth-order valence-corrected chi connectivity index (χ4v) is 1.36. The number of nitrogens with zero attached hydrogens (tertiary/aromatic N) is 2. The Labute approximate surface area is 101 Å². The molecule has 0 radical (unpaired) electrons. The summed E-state index contributed by atoms with van der Waals surface area (Å²) in [6.07, 6.45) is -4.91. The molecule has 0 bridgehead atoms. The summed E-state index contributed by atoms with van der Waals surface area (Å²) in [5, 5.41) is 8.63. The number of halogens is 3. The van der Waals surface area contributed by atoms with Crippen molar-refractivity contribution in [1.29, 1.82) is 5.26 Å². The van der Waals surface area contributed by atoms with Crippen LogP contribution in [0.2, 0.25) is 0 Å². The van der Waals surface area contributed by atoms with E-state index in [0.717, 1.165) is 6.07 Å². The van der Waals surface area contributed by atoms with Crippen molar-refractivity contribution in [2.75, 3.05) is 7.11 Å². The molecule has 1 heterocycles. The van der Waals surface area contributed by atoms with Crippen molar-refractivity contribution in [3.8, 4) is 17.8 Å². The third kappa shape index (κ3) is 3.49. The molecule has 18 heavy (non-hydrogen) atoms. The predicted molar refractivity (Wildman–Crippen MR) is 54.7 cm³/mol. The van der Waals surface area contributed by atoms with E-state index < -0.39 is 12.2 Å². The summed E-state index contributed by atoms with van der Waals surface area (Å²) in [7, 11) is 1.24. The number of hydrogen-bond donors (Lipinski definition) is 1. The van der Waals surface area contributed by atoms with Crippen molar-refractivity contribution in [3.63, 3.8) is 0 Å². The summed E-state index contributed by atoms with van der Waals surface area (Å²) in [5.74, 6) is -0.764. The average Bonchev–Trinajstić information content (AvgIpc) is 2.28. The van der Waals surface area contributed by atoms with Crippen LogP contribution in [-0.2, 0) is 13.0 Å². The molecule has 0 aliphatic rings. The van der Waals surface area contributed by atoms with Crippen molar-refractivity contribution < 1.29 is 22.6 Å². The molecule has 0 atom stereocenters. The van der Waals surface area contributed by atoms with Gasteiger partial charge in [0.2, 0.25) is 11.8 Å². The second kappa shape index (κ2) is 5.55. The Hall–Kier alpha value is -2.01. The van der Waals surface area contributed by atoms with E-state index in [4.69, 9.17) is 15.7 Å². The van der Waals surface area contributed by atoms with Crippen LogP contribution in [0, 0.1) is 11.3 Å². The van der Waals surface area contributed by atoms with Gasteiger partial charge < -0.3 is 15.2 Å². The minimum absolute atomic E-state index is 0.0515. The number of nitriles is 1. The molecule has 0 saturated heterocycles. The predicted octanol–water partition coefficient (Wildman–Crippen LogP) is 1.51. The molecule has 2 N–H and O–H groups in total. The van der Waals surface area contributed by atoms with E-state index in [1.807, 2.05) is 6.07 Å². The number of hydrogen-bond acceptors (Lipinski definition) is 5. The Morgan fingerprint density at radius 2 is 2.17 bits per heavy atom. The molecule has 0 unspecified atom stereocenters. The molecule has 0 saturated carbocycles. The van der Waals surface area contributed by atoms with E-state index in [1.54, 1.807) is 0 Å². The number of rotatable bonds is 4. The third-order valence-corrected chi connectivity index (χ3v) is 2.04. The minimum atomic E-state index is -4.85. The van der Waals surface area contributed by atoms with Crippen molar-refractivity contribution in [3.05, 3.63) is 17.2 Å². The molecule has 0 fully saturated rings. The maximum atomic E-state index is 12.1. The van der Waals surface area contributed by atoms with Crippen LogP contribution in [0.1, 0.15) is 11.1 Å². The second-order valence-electron chi connectivity index (χ2n) is 3.19. The van der Waals surface area contributed by atoms with Crippen molar-refractivity contribution in [2.45, 2.75) is 19.3 Å². The summed E-state index contributed by atoms with van der Waals surface area (Å²) < 4.78 is 44.7. The maximum Gasteiger partial charge on any atom is 0.574 e. The Morgan fingerprint density at radius 1 is 1.50 bits per heavy atom. The fraction of sp³-hybridized carbons (Fsp3) is 0.400. The monoisotopic (exact) mass is 261 g/mol. The number of alkyl halides is 3. The highest BCUT2D eigenvalue weighted by Gasteiger charge is 2.32. The van der Waals surface area contributed by atoms with Gasteiger partial charge in [-0.1, -0.05) is 0 Å². The molecule has 0 aliphatic heterocycles. The van der Waals surface area contributed by atoms with Crippen molar-refractivity contribution in [1.82, 2.24) is 4.98 Å². The Kier molecular flexibility index (Phi) is 4.33. The van der Waals surface area contributed by atoms with Crippen LogP contribution < -0.4 is 15.2 Å². The lowest BCUT2D eigenvalue weighted by atomic mass is 10.1. The van der Waals surface area contributed by atoms with Gasteiger partial charge in [-0.3, -0.25) is 0 Å². The van der Waals surface area contributed by atoms with Crippen LogP contribution in [0.3, 0.4) is 0 Å². The number of aromatic nitrogens is 1. The Balaban J connectivity index is 3.22. The van der Waals surface area contributed by atoms with Crippen LogP contribution >= 0.6 is 0 Å². The Bertz CT molecular complexity index is 443. The highest BCUT2D eigenvalue weighted by atomic mass is 19.4. The van der Waals surface area contributed by atoms with Gasteiger partial charge in [-0.15, -0.1) is 13.2 Å². The number of pyridine rings is 1. The van der Waals surface area contributed by atoms with Gasteiger partial charge in [0.25, 0.3) is 0 Å². The summed E-state index contributed by atoms with van der Waals surface area (Å²) in [5.41, 5.74) is 6.09. The van der Waals surface area contributed by atoms with Gasteiger partial charge in [-0.05, 0) is 5.56 Å². The van der Waals surface area contributed by atoms with Crippen LogP contribution in [0.5, 0.6) is 11.8 Å². The van der Waals surface area contributed by atoms with E-state index in [1.165, 1.54) is 7.11 Å². The van der Waals surface area contributed by atoms with Crippen molar-refractivity contribution >= 4 is 0 Å². The van der Waals surface area contributed by atoms with E-state index in [2.05, 4.69) is 9.72 Å². The molecule has 5 nitrogen and oxygen atoms in total. The van der Waals surface area contributed by atoms with Gasteiger partial charge in [0.15, 0.2) is 0 Å². The van der Waals surface area contributed by atoms with E-state index in [9.17, 15) is 13.2 Å². The van der Waals surface area contributed by atoms with Crippen LogP contribution in [0.25, 0.3) is 0 Å². The lowest BCUT2D eigenvalue weighted by Crippen LogP contribution is -2.19. The van der Waals surface area contributed by atoms with E-state index in [0.29, 0.717) is 11.1 Å². The first-order valence-electron chi connectivity index (χ1n) is 4.80. The lowest BCUT2D eigenvalue weighted by molar-refractivity contribution is -0.276. The second-order valence-corrected chi connectivity index (χ2v) is 3.19.